The molecule has 0 aromatic heterocycles. The number of hydrogen-bond donors (Lipinski definition) is 1. The molecule has 5 heteroatoms. The third-order valence-corrected chi connectivity index (χ3v) is 1.49. The van der Waals surface area contributed by atoms with Gasteiger partial charge in [-0.15, -0.1) is 0 Å². The number of carbonyl (C=O) groups is 1. The highest BCUT2D eigenvalue weighted by Gasteiger charge is 1.95. The van der Waals surface area contributed by atoms with Crippen LogP contribution in [0.15, 0.2) is 29.4 Å². The predicted octanol–water partition coefficient (Wildman–Crippen LogP) is 1.91. The standard InChI is InChI=1S/C10H11FN2O2/c1-2-15-10(14)13-12-7-8-4-3-5-9(11)6-8/h3-7H,2H2,1H3,(H,13,14). The summed E-state index contributed by atoms with van der Waals surface area (Å²) >= 11 is 0. The number of nitrogens with zero attached hydrogens (tertiary/aromatic N) is 1. The fraction of sp³-hybridized carbons (Fsp3) is 0.200. The Hall–Kier alpha value is -1.91. The van der Waals surface area contributed by atoms with Crippen molar-refractivity contribution in [2.45, 2.75) is 6.92 Å². The maximum Gasteiger partial charge on any atom is 0.427 e. The van der Waals surface area contributed by atoms with E-state index in [9.17, 15) is 9.18 Å². The molecule has 0 fully saturated rings. The predicted molar refractivity (Wildman–Crippen MR) is 54.2 cm³/mol. The molecule has 1 amide bonds. The Morgan fingerprint density at radius 2 is 2.47 bits per heavy atom. The summed E-state index contributed by atoms with van der Waals surface area (Å²) in [7, 11) is 0. The van der Waals surface area contributed by atoms with Crippen molar-refractivity contribution in [2.75, 3.05) is 6.61 Å². The number of carbonyl (C=O) groups excluding carboxylic acids is 1. The Morgan fingerprint density at radius 3 is 3.13 bits per heavy atom. The van der Waals surface area contributed by atoms with E-state index in [4.69, 9.17) is 0 Å². The maximum atomic E-state index is 12.7. The van der Waals surface area contributed by atoms with Gasteiger partial charge in [0, 0.05) is 0 Å². The number of ether oxygens (including phenoxy) is 1. The van der Waals surface area contributed by atoms with Gasteiger partial charge in [0.2, 0.25) is 0 Å². The average Bonchev–Trinajstić information content (AvgIpc) is 2.18. The van der Waals surface area contributed by atoms with E-state index in [1.807, 2.05) is 0 Å². The van der Waals surface area contributed by atoms with Crippen molar-refractivity contribution in [3.05, 3.63) is 35.6 Å². The summed E-state index contributed by atoms with van der Waals surface area (Å²) in [6.45, 7) is 1.97. The van der Waals surface area contributed by atoms with Gasteiger partial charge in [0.05, 0.1) is 12.8 Å². The van der Waals surface area contributed by atoms with Crippen LogP contribution in [0.4, 0.5) is 9.18 Å². The molecule has 15 heavy (non-hydrogen) atoms. The van der Waals surface area contributed by atoms with Crippen LogP contribution in [-0.4, -0.2) is 18.9 Å². The molecule has 0 bridgehead atoms. The van der Waals surface area contributed by atoms with Crippen LogP contribution in [0.1, 0.15) is 12.5 Å². The molecule has 0 radical (unpaired) electrons. The van der Waals surface area contributed by atoms with E-state index < -0.39 is 6.09 Å². The van der Waals surface area contributed by atoms with E-state index in [2.05, 4.69) is 15.3 Å². The first kappa shape index (κ1) is 11.2. The molecule has 0 aliphatic rings. The van der Waals surface area contributed by atoms with E-state index in [0.29, 0.717) is 5.56 Å². The Labute approximate surface area is 86.7 Å². The normalized spacial score (nSPS) is 10.3. The van der Waals surface area contributed by atoms with Crippen molar-refractivity contribution >= 4 is 12.3 Å². The van der Waals surface area contributed by atoms with Gasteiger partial charge in [-0.3, -0.25) is 0 Å². The topological polar surface area (TPSA) is 50.7 Å². The van der Waals surface area contributed by atoms with Crippen LogP contribution in [0.2, 0.25) is 0 Å². The third kappa shape index (κ3) is 4.21. The number of hydrazone groups is 1. The number of amides is 1. The first-order valence-corrected chi connectivity index (χ1v) is 4.43. The first-order chi connectivity index (χ1) is 7.22. The molecule has 1 N–H and O–H groups in total. The molecule has 0 aliphatic heterocycles. The van der Waals surface area contributed by atoms with Crippen molar-refractivity contribution in [1.29, 1.82) is 0 Å². The number of nitrogens with one attached hydrogen (secondary N) is 1. The summed E-state index contributed by atoms with van der Waals surface area (Å²) in [6.07, 6.45) is 0.699. The van der Waals surface area contributed by atoms with Gasteiger partial charge in [-0.2, -0.15) is 5.10 Å². The van der Waals surface area contributed by atoms with Crippen LogP contribution in [0.3, 0.4) is 0 Å². The minimum atomic E-state index is -0.634. The highest BCUT2D eigenvalue weighted by atomic mass is 19.1. The first-order valence-electron chi connectivity index (χ1n) is 4.43. The summed E-state index contributed by atoms with van der Waals surface area (Å²) in [5.74, 6) is -0.352. The van der Waals surface area contributed by atoms with Gasteiger partial charge in [0.1, 0.15) is 5.82 Å². The van der Waals surface area contributed by atoms with E-state index in [1.54, 1.807) is 19.1 Å². The van der Waals surface area contributed by atoms with Crippen LogP contribution in [0, 0.1) is 5.82 Å². The second-order valence-electron chi connectivity index (χ2n) is 2.65. The summed E-state index contributed by atoms with van der Waals surface area (Å²) < 4.78 is 17.3. The molecular formula is C10H11FN2O2. The number of benzene rings is 1. The number of hydrogen-bond acceptors (Lipinski definition) is 3. The molecule has 0 saturated heterocycles. The maximum absolute atomic E-state index is 12.7. The van der Waals surface area contributed by atoms with Gasteiger partial charge in [0.15, 0.2) is 0 Å². The fourth-order valence-corrected chi connectivity index (χ4v) is 0.910. The Kier molecular flexibility index (Phi) is 4.28. The van der Waals surface area contributed by atoms with Gasteiger partial charge in [-0.05, 0) is 24.6 Å². The quantitative estimate of drug-likeness (QED) is 0.612. The highest BCUT2D eigenvalue weighted by molar-refractivity contribution is 5.80. The van der Waals surface area contributed by atoms with Gasteiger partial charge < -0.3 is 4.74 Å². The smallest absolute Gasteiger partial charge is 0.427 e. The third-order valence-electron chi connectivity index (χ3n) is 1.49. The van der Waals surface area contributed by atoms with Crippen molar-refractivity contribution in [1.82, 2.24) is 5.43 Å². The molecule has 0 spiro atoms. The molecule has 0 atom stereocenters. The molecule has 0 aliphatic carbocycles. The Balaban J connectivity index is 2.48. The zero-order valence-corrected chi connectivity index (χ0v) is 8.24. The van der Waals surface area contributed by atoms with Crippen molar-refractivity contribution in [3.63, 3.8) is 0 Å². The lowest BCUT2D eigenvalue weighted by Gasteiger charge is -1.98. The largest absolute Gasteiger partial charge is 0.449 e. The van der Waals surface area contributed by atoms with Crippen molar-refractivity contribution in [3.8, 4) is 0 Å². The van der Waals surface area contributed by atoms with Crippen LogP contribution >= 0.6 is 0 Å². The Morgan fingerprint density at radius 1 is 1.67 bits per heavy atom. The second kappa shape index (κ2) is 5.74. The molecule has 80 valence electrons. The number of halogens is 1. The van der Waals surface area contributed by atoms with Crippen molar-refractivity contribution < 1.29 is 13.9 Å². The van der Waals surface area contributed by atoms with Gasteiger partial charge in [-0.25, -0.2) is 14.6 Å². The highest BCUT2D eigenvalue weighted by Crippen LogP contribution is 1.99. The minimum Gasteiger partial charge on any atom is -0.449 e. The SMILES string of the molecule is CCOC(=O)NN=Cc1cccc(F)c1. The van der Waals surface area contributed by atoms with Crippen LogP contribution in [0.25, 0.3) is 0 Å². The second-order valence-corrected chi connectivity index (χ2v) is 2.65. The zero-order valence-electron chi connectivity index (χ0n) is 8.24. The molecule has 0 unspecified atom stereocenters. The lowest BCUT2D eigenvalue weighted by Crippen LogP contribution is -2.18. The molecule has 1 aromatic carbocycles. The molecular weight excluding hydrogens is 199 g/mol. The zero-order chi connectivity index (χ0) is 11.1. The van der Waals surface area contributed by atoms with Gasteiger partial charge >= 0.3 is 6.09 Å². The molecule has 0 saturated carbocycles. The van der Waals surface area contributed by atoms with E-state index in [1.165, 1.54) is 18.3 Å². The summed E-state index contributed by atoms with van der Waals surface area (Å²) in [5.41, 5.74) is 2.70. The molecule has 4 nitrogen and oxygen atoms in total. The van der Waals surface area contributed by atoms with Crippen LogP contribution in [-0.2, 0) is 4.74 Å². The van der Waals surface area contributed by atoms with Gasteiger partial charge in [-0.1, -0.05) is 12.1 Å². The summed E-state index contributed by atoms with van der Waals surface area (Å²) in [5, 5.41) is 3.59. The summed E-state index contributed by atoms with van der Waals surface area (Å²) in [6, 6.07) is 5.85. The van der Waals surface area contributed by atoms with Crippen LogP contribution in [0.5, 0.6) is 0 Å². The minimum absolute atomic E-state index is 0.279. The van der Waals surface area contributed by atoms with Gasteiger partial charge in [0.25, 0.3) is 0 Å². The fourth-order valence-electron chi connectivity index (χ4n) is 0.910. The molecule has 0 heterocycles. The van der Waals surface area contributed by atoms with E-state index >= 15 is 0 Å². The lowest BCUT2D eigenvalue weighted by molar-refractivity contribution is 0.152. The van der Waals surface area contributed by atoms with E-state index in [-0.39, 0.29) is 12.4 Å². The van der Waals surface area contributed by atoms with Crippen LogP contribution < -0.4 is 5.43 Å². The Bertz CT molecular complexity index is 366. The lowest BCUT2D eigenvalue weighted by atomic mass is 10.2. The van der Waals surface area contributed by atoms with Crippen molar-refractivity contribution in [2.24, 2.45) is 5.10 Å². The monoisotopic (exact) mass is 210 g/mol. The molecule has 1 aromatic rings. The average molecular weight is 210 g/mol. The summed E-state index contributed by atoms with van der Waals surface area (Å²) in [4.78, 5) is 10.8. The number of rotatable bonds is 3. The van der Waals surface area contributed by atoms with E-state index in [0.717, 1.165) is 0 Å². The molecule has 1 rings (SSSR count).